The molecule has 0 heterocycles. The van der Waals surface area contributed by atoms with Crippen LogP contribution in [0.25, 0.3) is 0 Å². The van der Waals surface area contributed by atoms with Gasteiger partial charge in [-0.2, -0.15) is 0 Å². The van der Waals surface area contributed by atoms with Crippen LogP contribution in [-0.2, 0) is 11.3 Å². The minimum atomic E-state index is -0.583. The van der Waals surface area contributed by atoms with Crippen LogP contribution < -0.4 is 21.1 Å². The Kier molecular flexibility index (Phi) is 7.01. The van der Waals surface area contributed by atoms with Gasteiger partial charge in [-0.1, -0.05) is 48.0 Å². The maximum Gasteiger partial charge on any atom is 0.262 e. The van der Waals surface area contributed by atoms with Crippen LogP contribution in [0.3, 0.4) is 0 Å². The molecule has 0 unspecified atom stereocenters. The van der Waals surface area contributed by atoms with Gasteiger partial charge in [-0.15, -0.1) is 0 Å². The number of nitrogens with one attached hydrogen (secondary N) is 2. The van der Waals surface area contributed by atoms with E-state index < -0.39 is 11.8 Å². The maximum absolute atomic E-state index is 12.6. The van der Waals surface area contributed by atoms with Gasteiger partial charge in [0.2, 0.25) is 5.91 Å². The highest BCUT2D eigenvalue weighted by Crippen LogP contribution is 2.16. The Morgan fingerprint density at radius 2 is 1.68 bits per heavy atom. The van der Waals surface area contributed by atoms with Crippen molar-refractivity contribution in [1.82, 2.24) is 5.32 Å². The molecule has 3 aromatic carbocycles. The first kappa shape index (κ1) is 21.6. The number of nitrogens with two attached hydrogens (primary N) is 1. The number of primary amides is 1. The van der Waals surface area contributed by atoms with E-state index in [4.69, 9.17) is 10.5 Å². The number of benzene rings is 3. The second-order valence-corrected chi connectivity index (χ2v) is 6.94. The van der Waals surface area contributed by atoms with Gasteiger partial charge in [0.1, 0.15) is 5.75 Å². The molecule has 0 bridgehead atoms. The van der Waals surface area contributed by atoms with Crippen molar-refractivity contribution < 1.29 is 19.1 Å². The lowest BCUT2D eigenvalue weighted by atomic mass is 10.1. The second-order valence-electron chi connectivity index (χ2n) is 6.94. The smallest absolute Gasteiger partial charge is 0.262 e. The van der Waals surface area contributed by atoms with Crippen LogP contribution in [0, 0.1) is 6.92 Å². The Bertz CT molecular complexity index is 1090. The lowest BCUT2D eigenvalue weighted by molar-refractivity contribution is -0.118. The SMILES string of the molecule is Cc1ccc(CNC(=O)c2ccccc2NC(=O)COc2cccc(C(N)=O)c2)cc1. The van der Waals surface area contributed by atoms with Gasteiger partial charge < -0.3 is 21.1 Å². The highest BCUT2D eigenvalue weighted by atomic mass is 16.5. The van der Waals surface area contributed by atoms with Crippen LogP contribution >= 0.6 is 0 Å². The standard InChI is InChI=1S/C24H23N3O4/c1-16-9-11-17(12-10-16)14-26-24(30)20-7-2-3-8-21(20)27-22(28)15-31-19-6-4-5-18(13-19)23(25)29/h2-13H,14-15H2,1H3,(H2,25,29)(H,26,30)(H,27,28). The molecule has 0 saturated carbocycles. The minimum absolute atomic E-state index is 0.286. The molecule has 0 aromatic heterocycles. The summed E-state index contributed by atoms with van der Waals surface area (Å²) in [5, 5.41) is 5.55. The highest BCUT2D eigenvalue weighted by molar-refractivity contribution is 6.04. The number of carbonyl (C=O) groups is 3. The van der Waals surface area contributed by atoms with Crippen LogP contribution in [-0.4, -0.2) is 24.3 Å². The first-order valence-corrected chi connectivity index (χ1v) is 9.67. The van der Waals surface area contributed by atoms with E-state index in [0.717, 1.165) is 11.1 Å². The van der Waals surface area contributed by atoms with Crippen molar-refractivity contribution in [2.75, 3.05) is 11.9 Å². The van der Waals surface area contributed by atoms with Crippen molar-refractivity contribution in [2.24, 2.45) is 5.73 Å². The first-order valence-electron chi connectivity index (χ1n) is 9.67. The minimum Gasteiger partial charge on any atom is -0.484 e. The Morgan fingerprint density at radius 3 is 2.42 bits per heavy atom. The number of hydrogen-bond donors (Lipinski definition) is 3. The summed E-state index contributed by atoms with van der Waals surface area (Å²) in [7, 11) is 0. The van der Waals surface area contributed by atoms with Gasteiger partial charge >= 0.3 is 0 Å². The summed E-state index contributed by atoms with van der Waals surface area (Å²) in [6.45, 7) is 2.09. The van der Waals surface area contributed by atoms with E-state index in [0.29, 0.717) is 23.5 Å². The largest absolute Gasteiger partial charge is 0.484 e. The van der Waals surface area contributed by atoms with Crippen molar-refractivity contribution in [1.29, 1.82) is 0 Å². The van der Waals surface area contributed by atoms with Crippen molar-refractivity contribution in [3.8, 4) is 5.75 Å². The predicted molar refractivity (Wildman–Crippen MR) is 118 cm³/mol. The molecule has 31 heavy (non-hydrogen) atoms. The van der Waals surface area contributed by atoms with Gasteiger partial charge in [-0.25, -0.2) is 0 Å². The summed E-state index contributed by atoms with van der Waals surface area (Å²) < 4.78 is 5.43. The maximum atomic E-state index is 12.6. The molecule has 0 radical (unpaired) electrons. The highest BCUT2D eigenvalue weighted by Gasteiger charge is 2.13. The number of carbonyl (C=O) groups excluding carboxylic acids is 3. The van der Waals surface area contributed by atoms with E-state index in [9.17, 15) is 14.4 Å². The van der Waals surface area contributed by atoms with Gasteiger partial charge in [0, 0.05) is 12.1 Å². The van der Waals surface area contributed by atoms with Gasteiger partial charge in [-0.05, 0) is 42.8 Å². The van der Waals surface area contributed by atoms with Crippen LogP contribution in [0.1, 0.15) is 31.8 Å². The van der Waals surface area contributed by atoms with Crippen molar-refractivity contribution >= 4 is 23.4 Å². The molecule has 0 fully saturated rings. The first-order chi connectivity index (χ1) is 14.9. The molecule has 3 aromatic rings. The predicted octanol–water partition coefficient (Wildman–Crippen LogP) is 3.04. The van der Waals surface area contributed by atoms with Crippen molar-refractivity contribution in [3.05, 3.63) is 95.1 Å². The van der Waals surface area contributed by atoms with E-state index in [1.54, 1.807) is 42.5 Å². The van der Waals surface area contributed by atoms with Crippen molar-refractivity contribution in [3.63, 3.8) is 0 Å². The van der Waals surface area contributed by atoms with E-state index >= 15 is 0 Å². The number of anilines is 1. The summed E-state index contributed by atoms with van der Waals surface area (Å²) >= 11 is 0. The van der Waals surface area contributed by atoms with E-state index in [1.165, 1.54) is 6.07 Å². The average molecular weight is 417 g/mol. The number of para-hydroxylation sites is 1. The summed E-state index contributed by atoms with van der Waals surface area (Å²) in [6, 6.07) is 20.8. The second kappa shape index (κ2) is 10.1. The van der Waals surface area contributed by atoms with Gasteiger partial charge in [0.05, 0.1) is 11.3 Å². The van der Waals surface area contributed by atoms with Crippen molar-refractivity contribution in [2.45, 2.75) is 13.5 Å². The molecule has 7 nitrogen and oxygen atoms in total. The van der Waals surface area contributed by atoms with E-state index in [2.05, 4.69) is 10.6 Å². The molecule has 0 atom stereocenters. The zero-order valence-electron chi connectivity index (χ0n) is 17.1. The normalized spacial score (nSPS) is 10.2. The number of rotatable bonds is 8. The van der Waals surface area contributed by atoms with E-state index in [-0.39, 0.29) is 18.1 Å². The molecule has 0 saturated heterocycles. The molecule has 0 aliphatic rings. The molecular formula is C24H23N3O4. The zero-order valence-corrected chi connectivity index (χ0v) is 17.1. The van der Waals surface area contributed by atoms with Crippen LogP contribution in [0.2, 0.25) is 0 Å². The lowest BCUT2D eigenvalue weighted by Crippen LogP contribution is -2.26. The molecule has 0 spiro atoms. The lowest BCUT2D eigenvalue weighted by Gasteiger charge is -2.12. The quantitative estimate of drug-likeness (QED) is 0.523. The Balaban J connectivity index is 1.59. The molecule has 158 valence electrons. The van der Waals surface area contributed by atoms with Gasteiger partial charge in [0.25, 0.3) is 11.8 Å². The monoisotopic (exact) mass is 417 g/mol. The summed E-state index contributed by atoms with van der Waals surface area (Å²) in [5.41, 5.74) is 8.38. The van der Waals surface area contributed by atoms with Crippen LogP contribution in [0.5, 0.6) is 5.75 Å². The number of ether oxygens (including phenoxy) is 1. The summed E-state index contributed by atoms with van der Waals surface area (Å²) in [6.07, 6.45) is 0. The molecule has 4 N–H and O–H groups in total. The molecule has 7 heteroatoms. The molecule has 3 rings (SSSR count). The van der Waals surface area contributed by atoms with Crippen LogP contribution in [0.4, 0.5) is 5.69 Å². The Morgan fingerprint density at radius 1 is 0.935 bits per heavy atom. The molecular weight excluding hydrogens is 394 g/mol. The fraction of sp³-hybridized carbons (Fsp3) is 0.125. The summed E-state index contributed by atoms with van der Waals surface area (Å²) in [4.78, 5) is 36.2. The third kappa shape index (κ3) is 6.17. The molecule has 3 amide bonds. The fourth-order valence-electron chi connectivity index (χ4n) is 2.85. The van der Waals surface area contributed by atoms with Gasteiger partial charge in [-0.3, -0.25) is 14.4 Å². The third-order valence-corrected chi connectivity index (χ3v) is 4.51. The number of hydrogen-bond acceptors (Lipinski definition) is 4. The van der Waals surface area contributed by atoms with E-state index in [1.807, 2.05) is 31.2 Å². The Hall–Kier alpha value is -4.13. The zero-order chi connectivity index (χ0) is 22.2. The van der Waals surface area contributed by atoms with Gasteiger partial charge in [0.15, 0.2) is 6.61 Å². The number of aryl methyl sites for hydroxylation is 1. The topological polar surface area (TPSA) is 111 Å². The Labute approximate surface area is 180 Å². The van der Waals surface area contributed by atoms with Crippen LogP contribution in [0.15, 0.2) is 72.8 Å². The summed E-state index contributed by atoms with van der Waals surface area (Å²) in [5.74, 6) is -0.981. The fourth-order valence-corrected chi connectivity index (χ4v) is 2.85. The average Bonchev–Trinajstić information content (AvgIpc) is 2.77. The molecule has 0 aliphatic carbocycles. The third-order valence-electron chi connectivity index (χ3n) is 4.51. The molecule has 0 aliphatic heterocycles. The number of amides is 3.